The molecule has 0 aromatic heterocycles. The topological polar surface area (TPSA) is 61.4 Å². The zero-order valence-electron chi connectivity index (χ0n) is 18.0. The summed E-state index contributed by atoms with van der Waals surface area (Å²) in [7, 11) is 1.81. The zero-order valence-corrected chi connectivity index (χ0v) is 18.0. The van der Waals surface area contributed by atoms with Crippen LogP contribution in [0.4, 0.5) is 5.69 Å². The number of hydrogen-bond acceptors (Lipinski definition) is 3. The third kappa shape index (κ3) is 6.48. The molecule has 28 heavy (non-hydrogen) atoms. The Morgan fingerprint density at radius 1 is 1.14 bits per heavy atom. The average Bonchev–Trinajstić information content (AvgIpc) is 2.64. The molecule has 0 heterocycles. The standard InChI is InChI=1S/C23H35N3O2/c1-16-13-17(2)22(18(3)14-16)25-21(27)15-26(5)19(4)23(28)24-12-11-20-9-7-6-8-10-20/h9,13-14,19H,6-8,10-12,15H2,1-5H3,(H,24,28)(H,25,27)/t19-/m0/s1. The molecule has 1 aromatic carbocycles. The van der Waals surface area contributed by atoms with Gasteiger partial charge in [0, 0.05) is 12.2 Å². The van der Waals surface area contributed by atoms with Gasteiger partial charge in [-0.1, -0.05) is 29.3 Å². The number of anilines is 1. The summed E-state index contributed by atoms with van der Waals surface area (Å²) in [6, 6.07) is 3.76. The van der Waals surface area contributed by atoms with E-state index in [9.17, 15) is 9.59 Å². The Bertz CT molecular complexity index is 716. The Labute approximate surface area is 169 Å². The van der Waals surface area contributed by atoms with E-state index in [1.54, 1.807) is 4.90 Å². The second-order valence-electron chi connectivity index (χ2n) is 8.06. The van der Waals surface area contributed by atoms with Crippen LogP contribution in [0.25, 0.3) is 0 Å². The number of hydrogen-bond donors (Lipinski definition) is 2. The van der Waals surface area contributed by atoms with Crippen molar-refractivity contribution >= 4 is 17.5 Å². The Kier molecular flexibility index (Phi) is 8.24. The summed E-state index contributed by atoms with van der Waals surface area (Å²) in [4.78, 5) is 26.7. The summed E-state index contributed by atoms with van der Waals surface area (Å²) in [5.41, 5.74) is 5.60. The lowest BCUT2D eigenvalue weighted by atomic mass is 9.97. The summed E-state index contributed by atoms with van der Waals surface area (Å²) < 4.78 is 0. The molecule has 0 spiro atoms. The van der Waals surface area contributed by atoms with Gasteiger partial charge in [0.05, 0.1) is 12.6 Å². The van der Waals surface area contributed by atoms with E-state index in [0.29, 0.717) is 6.54 Å². The van der Waals surface area contributed by atoms with E-state index in [1.807, 2.05) is 34.7 Å². The third-order valence-corrected chi connectivity index (χ3v) is 5.51. The Morgan fingerprint density at radius 2 is 1.82 bits per heavy atom. The summed E-state index contributed by atoms with van der Waals surface area (Å²) in [6.45, 7) is 8.72. The molecule has 154 valence electrons. The van der Waals surface area contributed by atoms with Crippen LogP contribution in [0.15, 0.2) is 23.8 Å². The van der Waals surface area contributed by atoms with Crippen LogP contribution >= 0.6 is 0 Å². The highest BCUT2D eigenvalue weighted by Crippen LogP contribution is 2.22. The van der Waals surface area contributed by atoms with E-state index in [-0.39, 0.29) is 24.4 Å². The summed E-state index contributed by atoms with van der Waals surface area (Å²) in [5.74, 6) is -0.140. The van der Waals surface area contributed by atoms with Crippen molar-refractivity contribution in [3.05, 3.63) is 40.5 Å². The molecule has 1 atom stereocenters. The van der Waals surface area contributed by atoms with Gasteiger partial charge in [-0.25, -0.2) is 0 Å². The predicted octanol–water partition coefficient (Wildman–Crippen LogP) is 3.88. The fourth-order valence-corrected chi connectivity index (χ4v) is 3.75. The Balaban J connectivity index is 1.80. The molecular formula is C23H35N3O2. The number of carbonyl (C=O) groups excluding carboxylic acids is 2. The monoisotopic (exact) mass is 385 g/mol. The molecule has 0 bridgehead atoms. The molecule has 1 aliphatic rings. The maximum absolute atomic E-state index is 12.5. The van der Waals surface area contributed by atoms with Crippen LogP contribution in [-0.4, -0.2) is 42.9 Å². The van der Waals surface area contributed by atoms with E-state index in [2.05, 4.69) is 28.8 Å². The Hall–Kier alpha value is -2.14. The van der Waals surface area contributed by atoms with Crippen LogP contribution in [0.5, 0.6) is 0 Å². The van der Waals surface area contributed by atoms with Gasteiger partial charge in [-0.15, -0.1) is 0 Å². The number of nitrogens with one attached hydrogen (secondary N) is 2. The first-order chi connectivity index (χ1) is 13.3. The van der Waals surface area contributed by atoms with Gasteiger partial charge in [-0.05, 0) is 78.0 Å². The van der Waals surface area contributed by atoms with Gasteiger partial charge in [-0.3, -0.25) is 14.5 Å². The van der Waals surface area contributed by atoms with Crippen molar-refractivity contribution in [1.82, 2.24) is 10.2 Å². The van der Waals surface area contributed by atoms with Gasteiger partial charge in [0.25, 0.3) is 0 Å². The highest BCUT2D eigenvalue weighted by Gasteiger charge is 2.20. The van der Waals surface area contributed by atoms with Gasteiger partial charge in [0.1, 0.15) is 0 Å². The third-order valence-electron chi connectivity index (χ3n) is 5.51. The number of benzene rings is 1. The van der Waals surface area contributed by atoms with Crippen molar-refractivity contribution < 1.29 is 9.59 Å². The van der Waals surface area contributed by atoms with Crippen LogP contribution in [0.3, 0.4) is 0 Å². The van der Waals surface area contributed by atoms with Crippen molar-refractivity contribution in [2.75, 3.05) is 25.5 Å². The molecule has 0 unspecified atom stereocenters. The highest BCUT2D eigenvalue weighted by molar-refractivity contribution is 5.94. The summed E-state index contributed by atoms with van der Waals surface area (Å²) in [5, 5.41) is 6.00. The zero-order chi connectivity index (χ0) is 20.7. The van der Waals surface area contributed by atoms with Gasteiger partial charge >= 0.3 is 0 Å². The fraction of sp³-hybridized carbons (Fsp3) is 0.565. The quantitative estimate of drug-likeness (QED) is 0.668. The lowest BCUT2D eigenvalue weighted by molar-refractivity contribution is -0.126. The Morgan fingerprint density at radius 3 is 2.43 bits per heavy atom. The number of aryl methyl sites for hydroxylation is 3. The van der Waals surface area contributed by atoms with Crippen LogP contribution in [0.2, 0.25) is 0 Å². The molecule has 1 aromatic rings. The largest absolute Gasteiger partial charge is 0.354 e. The molecule has 0 saturated heterocycles. The first-order valence-electron chi connectivity index (χ1n) is 10.3. The first-order valence-corrected chi connectivity index (χ1v) is 10.3. The number of rotatable bonds is 8. The predicted molar refractivity (Wildman–Crippen MR) is 116 cm³/mol. The summed E-state index contributed by atoms with van der Waals surface area (Å²) >= 11 is 0. The smallest absolute Gasteiger partial charge is 0.238 e. The molecule has 0 aliphatic heterocycles. The van der Waals surface area contributed by atoms with Gasteiger partial charge < -0.3 is 10.6 Å². The highest BCUT2D eigenvalue weighted by atomic mass is 16.2. The van der Waals surface area contributed by atoms with Gasteiger partial charge in [0.2, 0.25) is 11.8 Å². The van der Waals surface area contributed by atoms with Gasteiger partial charge in [-0.2, -0.15) is 0 Å². The SMILES string of the molecule is Cc1cc(C)c(NC(=O)CN(C)[C@@H](C)C(=O)NCCC2=CCCCC2)c(C)c1. The second kappa shape index (κ2) is 10.4. The normalized spacial score (nSPS) is 15.1. The van der Waals surface area contributed by atoms with Crippen molar-refractivity contribution in [1.29, 1.82) is 0 Å². The minimum atomic E-state index is -0.355. The molecule has 2 N–H and O–H groups in total. The fourth-order valence-electron chi connectivity index (χ4n) is 3.75. The van der Waals surface area contributed by atoms with Crippen LogP contribution in [0, 0.1) is 20.8 Å². The molecule has 0 radical (unpaired) electrons. The van der Waals surface area contributed by atoms with Crippen molar-refractivity contribution in [2.45, 2.75) is 65.8 Å². The summed E-state index contributed by atoms with van der Waals surface area (Å²) in [6.07, 6.45) is 8.09. The van der Waals surface area contributed by atoms with E-state index < -0.39 is 0 Å². The number of amides is 2. The van der Waals surface area contributed by atoms with Crippen LogP contribution < -0.4 is 10.6 Å². The second-order valence-corrected chi connectivity index (χ2v) is 8.06. The van der Waals surface area contributed by atoms with Crippen molar-refractivity contribution in [3.8, 4) is 0 Å². The molecular weight excluding hydrogens is 350 g/mol. The minimum Gasteiger partial charge on any atom is -0.354 e. The van der Waals surface area contributed by atoms with E-state index >= 15 is 0 Å². The van der Waals surface area contributed by atoms with E-state index in [1.165, 1.54) is 24.0 Å². The van der Waals surface area contributed by atoms with E-state index in [4.69, 9.17) is 0 Å². The molecule has 5 heteroatoms. The molecule has 2 rings (SSSR count). The molecule has 5 nitrogen and oxygen atoms in total. The number of nitrogens with zero attached hydrogens (tertiary/aromatic N) is 1. The lowest BCUT2D eigenvalue weighted by Crippen LogP contribution is -2.46. The lowest BCUT2D eigenvalue weighted by Gasteiger charge is -2.24. The van der Waals surface area contributed by atoms with Crippen molar-refractivity contribution in [2.24, 2.45) is 0 Å². The molecule has 2 amide bonds. The maximum atomic E-state index is 12.5. The van der Waals surface area contributed by atoms with Crippen LogP contribution in [0.1, 0.15) is 55.7 Å². The number of allylic oxidation sites excluding steroid dienone is 1. The van der Waals surface area contributed by atoms with Crippen molar-refractivity contribution in [3.63, 3.8) is 0 Å². The molecule has 0 saturated carbocycles. The number of likely N-dealkylation sites (N-methyl/N-ethyl adjacent to an activating group) is 1. The average molecular weight is 386 g/mol. The van der Waals surface area contributed by atoms with Gasteiger partial charge in [0.15, 0.2) is 0 Å². The molecule has 1 aliphatic carbocycles. The first kappa shape index (κ1) is 22.2. The van der Waals surface area contributed by atoms with Crippen LogP contribution in [-0.2, 0) is 9.59 Å². The van der Waals surface area contributed by atoms with E-state index in [0.717, 1.165) is 36.1 Å². The number of carbonyl (C=O) groups is 2. The minimum absolute atomic E-state index is 0.0330. The molecule has 0 fully saturated rings. The maximum Gasteiger partial charge on any atom is 0.238 e.